The van der Waals surface area contributed by atoms with Crippen LogP contribution in [0.3, 0.4) is 0 Å². The Labute approximate surface area is 114 Å². The Morgan fingerprint density at radius 2 is 2.35 bits per heavy atom. The fourth-order valence-corrected chi connectivity index (χ4v) is 1.71. The summed E-state index contributed by atoms with van der Waals surface area (Å²) in [6.07, 6.45) is 3.14. The zero-order chi connectivity index (χ0) is 14.5. The molecule has 7 heteroatoms. The van der Waals surface area contributed by atoms with Crippen LogP contribution < -0.4 is 5.32 Å². The van der Waals surface area contributed by atoms with Gasteiger partial charge < -0.3 is 15.2 Å². The van der Waals surface area contributed by atoms with E-state index in [1.165, 1.54) is 24.4 Å². The molecule has 1 aromatic heterocycles. The van der Waals surface area contributed by atoms with Gasteiger partial charge in [0.05, 0.1) is 36.3 Å². The van der Waals surface area contributed by atoms with Crippen LogP contribution in [0, 0.1) is 5.82 Å². The molecule has 2 N–H and O–H groups in total. The third-order valence-electron chi connectivity index (χ3n) is 2.67. The van der Waals surface area contributed by atoms with E-state index in [1.54, 1.807) is 18.0 Å². The molecule has 0 aliphatic rings. The summed E-state index contributed by atoms with van der Waals surface area (Å²) >= 11 is 0. The highest BCUT2D eigenvalue weighted by Gasteiger charge is 2.14. The molecule has 0 saturated heterocycles. The lowest BCUT2D eigenvalue weighted by Crippen LogP contribution is -2.05. The minimum Gasteiger partial charge on any atom is -0.478 e. The number of anilines is 2. The Balaban J connectivity index is 2.21. The van der Waals surface area contributed by atoms with Gasteiger partial charge in [-0.15, -0.1) is 0 Å². The molecule has 0 saturated carbocycles. The monoisotopic (exact) mass is 279 g/mol. The second-order valence-corrected chi connectivity index (χ2v) is 4.08. The Hall–Kier alpha value is -2.41. The number of nitrogens with zero attached hydrogens (tertiary/aromatic N) is 2. The van der Waals surface area contributed by atoms with E-state index in [0.717, 1.165) is 0 Å². The number of halogens is 1. The molecule has 0 radical (unpaired) electrons. The Morgan fingerprint density at radius 1 is 1.55 bits per heavy atom. The van der Waals surface area contributed by atoms with Crippen molar-refractivity contribution in [2.24, 2.45) is 0 Å². The van der Waals surface area contributed by atoms with Gasteiger partial charge in [-0.05, 0) is 12.1 Å². The number of carboxylic acid groups (broad SMARTS) is 1. The molecule has 0 atom stereocenters. The van der Waals surface area contributed by atoms with Gasteiger partial charge in [-0.1, -0.05) is 6.07 Å². The third-order valence-corrected chi connectivity index (χ3v) is 2.67. The number of rotatable bonds is 6. The first-order valence-corrected chi connectivity index (χ1v) is 5.92. The van der Waals surface area contributed by atoms with Crippen LogP contribution in [-0.2, 0) is 11.3 Å². The molecule has 2 rings (SSSR count). The zero-order valence-electron chi connectivity index (χ0n) is 10.8. The second kappa shape index (κ2) is 6.16. The summed E-state index contributed by atoms with van der Waals surface area (Å²) in [4.78, 5) is 11.1. The number of methoxy groups -OCH3 is 1. The van der Waals surface area contributed by atoms with Crippen LogP contribution in [-0.4, -0.2) is 34.6 Å². The maximum Gasteiger partial charge on any atom is 0.337 e. The summed E-state index contributed by atoms with van der Waals surface area (Å²) in [7, 11) is 1.58. The van der Waals surface area contributed by atoms with Crippen molar-refractivity contribution < 1.29 is 19.0 Å². The number of hydrogen-bond donors (Lipinski definition) is 2. The summed E-state index contributed by atoms with van der Waals surface area (Å²) in [6.45, 7) is 1.06. The van der Waals surface area contributed by atoms with E-state index in [9.17, 15) is 9.18 Å². The van der Waals surface area contributed by atoms with Crippen molar-refractivity contribution in [2.45, 2.75) is 6.54 Å². The molecular formula is C13H14FN3O3. The summed E-state index contributed by atoms with van der Waals surface area (Å²) in [5, 5.41) is 15.8. The van der Waals surface area contributed by atoms with E-state index < -0.39 is 11.8 Å². The molecule has 0 fully saturated rings. The summed E-state index contributed by atoms with van der Waals surface area (Å²) in [6, 6.07) is 3.89. The quantitative estimate of drug-likeness (QED) is 0.847. The number of aromatic nitrogens is 2. The van der Waals surface area contributed by atoms with Crippen molar-refractivity contribution in [3.8, 4) is 0 Å². The van der Waals surface area contributed by atoms with Crippen LogP contribution in [0.1, 0.15) is 10.4 Å². The molecule has 1 heterocycles. The first-order valence-electron chi connectivity index (χ1n) is 5.92. The Kier molecular flexibility index (Phi) is 4.31. The van der Waals surface area contributed by atoms with Gasteiger partial charge in [-0.2, -0.15) is 5.10 Å². The third kappa shape index (κ3) is 3.12. The molecule has 106 valence electrons. The Morgan fingerprint density at radius 3 is 3.05 bits per heavy atom. The molecule has 0 spiro atoms. The lowest BCUT2D eigenvalue weighted by atomic mass is 10.1. The Bertz CT molecular complexity index is 613. The normalized spacial score (nSPS) is 10.5. The molecular weight excluding hydrogens is 265 g/mol. The average molecular weight is 279 g/mol. The van der Waals surface area contributed by atoms with Crippen molar-refractivity contribution in [1.82, 2.24) is 9.78 Å². The van der Waals surface area contributed by atoms with Gasteiger partial charge in [-0.3, -0.25) is 4.68 Å². The number of ether oxygens (including phenoxy) is 1. The van der Waals surface area contributed by atoms with Gasteiger partial charge >= 0.3 is 5.97 Å². The maximum atomic E-state index is 13.7. The predicted molar refractivity (Wildman–Crippen MR) is 70.7 cm³/mol. The molecule has 0 aliphatic heterocycles. The van der Waals surface area contributed by atoms with Crippen molar-refractivity contribution in [3.63, 3.8) is 0 Å². The van der Waals surface area contributed by atoms with Crippen LogP contribution in [0.25, 0.3) is 0 Å². The molecule has 6 nitrogen and oxygen atoms in total. The highest BCUT2D eigenvalue weighted by molar-refractivity contribution is 5.95. The number of carbonyl (C=O) groups is 1. The van der Waals surface area contributed by atoms with E-state index in [4.69, 9.17) is 9.84 Å². The van der Waals surface area contributed by atoms with Crippen LogP contribution in [0.2, 0.25) is 0 Å². The van der Waals surface area contributed by atoms with Gasteiger partial charge in [0, 0.05) is 13.3 Å². The van der Waals surface area contributed by atoms with Gasteiger partial charge in [-0.25, -0.2) is 9.18 Å². The smallest absolute Gasteiger partial charge is 0.337 e. The molecule has 0 bridgehead atoms. The van der Waals surface area contributed by atoms with E-state index in [-0.39, 0.29) is 11.3 Å². The minimum atomic E-state index is -1.20. The van der Waals surface area contributed by atoms with Crippen LogP contribution in [0.15, 0.2) is 30.6 Å². The average Bonchev–Trinajstić information content (AvgIpc) is 2.86. The van der Waals surface area contributed by atoms with Crippen molar-refractivity contribution in [1.29, 1.82) is 0 Å². The number of para-hydroxylation sites is 1. The van der Waals surface area contributed by atoms with Crippen LogP contribution in [0.5, 0.6) is 0 Å². The number of aromatic carboxylic acids is 1. The number of nitrogens with one attached hydrogen (secondary N) is 1. The zero-order valence-corrected chi connectivity index (χ0v) is 10.8. The second-order valence-electron chi connectivity index (χ2n) is 4.08. The standard InChI is InChI=1S/C13H14FN3O3/c1-20-6-5-17-8-9(7-15-17)16-12-10(13(18)19)3-2-4-11(12)14/h2-4,7-8,16H,5-6H2,1H3,(H,18,19). The number of benzene rings is 1. The van der Waals surface area contributed by atoms with Gasteiger partial charge in [0.1, 0.15) is 5.82 Å². The maximum absolute atomic E-state index is 13.7. The van der Waals surface area contributed by atoms with E-state index in [1.807, 2.05) is 0 Å². The number of carboxylic acids is 1. The summed E-state index contributed by atoms with van der Waals surface area (Å²) < 4.78 is 20.3. The predicted octanol–water partition coefficient (Wildman–Crippen LogP) is 2.11. The van der Waals surface area contributed by atoms with Gasteiger partial charge in [0.25, 0.3) is 0 Å². The molecule has 1 aromatic carbocycles. The van der Waals surface area contributed by atoms with E-state index >= 15 is 0 Å². The van der Waals surface area contributed by atoms with Gasteiger partial charge in [0.2, 0.25) is 0 Å². The molecule has 0 unspecified atom stereocenters. The van der Waals surface area contributed by atoms with Crippen molar-refractivity contribution >= 4 is 17.3 Å². The van der Waals surface area contributed by atoms with Crippen LogP contribution in [0.4, 0.5) is 15.8 Å². The largest absolute Gasteiger partial charge is 0.478 e. The first kappa shape index (κ1) is 14.0. The highest BCUT2D eigenvalue weighted by atomic mass is 19.1. The van der Waals surface area contributed by atoms with E-state index in [0.29, 0.717) is 18.8 Å². The molecule has 0 amide bonds. The highest BCUT2D eigenvalue weighted by Crippen LogP contribution is 2.24. The molecule has 20 heavy (non-hydrogen) atoms. The lowest BCUT2D eigenvalue weighted by molar-refractivity contribution is 0.0697. The van der Waals surface area contributed by atoms with Gasteiger partial charge in [0.15, 0.2) is 0 Å². The fraction of sp³-hybridized carbons (Fsp3) is 0.231. The van der Waals surface area contributed by atoms with Crippen molar-refractivity contribution in [2.75, 3.05) is 19.0 Å². The lowest BCUT2D eigenvalue weighted by Gasteiger charge is -2.08. The SMILES string of the molecule is COCCn1cc(Nc2c(F)cccc2C(=O)O)cn1. The minimum absolute atomic E-state index is 0.0775. The van der Waals surface area contributed by atoms with Crippen LogP contribution >= 0.6 is 0 Å². The first-order chi connectivity index (χ1) is 9.61. The van der Waals surface area contributed by atoms with Crippen molar-refractivity contribution in [3.05, 3.63) is 42.0 Å². The summed E-state index contributed by atoms with van der Waals surface area (Å²) in [5.74, 6) is -1.83. The molecule has 0 aliphatic carbocycles. The van der Waals surface area contributed by atoms with E-state index in [2.05, 4.69) is 10.4 Å². The summed E-state index contributed by atoms with van der Waals surface area (Å²) in [5.41, 5.74) is 0.301. The topological polar surface area (TPSA) is 76.4 Å². The number of hydrogen-bond acceptors (Lipinski definition) is 4. The fourth-order valence-electron chi connectivity index (χ4n) is 1.71. The molecule has 2 aromatic rings.